The third kappa shape index (κ3) is 1.37. The molecule has 2 aromatic heterocycles. The Hall–Kier alpha value is -1.88. The highest BCUT2D eigenvalue weighted by molar-refractivity contribution is 7.22. The number of anilines is 1. The van der Waals surface area contributed by atoms with Crippen LogP contribution in [-0.2, 0) is 0 Å². The standard InChI is InChI=1S/C10H8N4S/c11-10-12-9(13-14-10)8-5-6-3-1-2-4-7(6)15-8/h1-5H,(H3,11,12,13,14). The molecule has 3 aromatic rings. The molecule has 4 nitrogen and oxygen atoms in total. The fourth-order valence-corrected chi connectivity index (χ4v) is 2.49. The lowest BCUT2D eigenvalue weighted by Crippen LogP contribution is -1.84. The first-order valence-electron chi connectivity index (χ1n) is 4.50. The molecular weight excluding hydrogens is 208 g/mol. The zero-order chi connectivity index (χ0) is 10.3. The number of thiophene rings is 1. The number of fused-ring (bicyclic) bond motifs is 1. The van der Waals surface area contributed by atoms with Crippen molar-refractivity contribution in [3.8, 4) is 10.7 Å². The van der Waals surface area contributed by atoms with Crippen LogP contribution in [0.1, 0.15) is 0 Å². The number of aromatic nitrogens is 3. The maximum Gasteiger partial charge on any atom is 0.239 e. The van der Waals surface area contributed by atoms with Crippen LogP contribution in [0.2, 0.25) is 0 Å². The Morgan fingerprint density at radius 2 is 2.13 bits per heavy atom. The Bertz CT molecular complexity index is 577. The summed E-state index contributed by atoms with van der Waals surface area (Å²) >= 11 is 1.67. The highest BCUT2D eigenvalue weighted by Gasteiger charge is 2.07. The summed E-state index contributed by atoms with van der Waals surface area (Å²) in [5, 5.41) is 7.83. The van der Waals surface area contributed by atoms with Gasteiger partial charge >= 0.3 is 0 Å². The SMILES string of the molecule is Nc1n[nH]c(-c2cc3ccccc3s2)n1. The van der Waals surface area contributed by atoms with E-state index in [1.54, 1.807) is 11.3 Å². The van der Waals surface area contributed by atoms with Gasteiger partial charge in [-0.25, -0.2) is 0 Å². The van der Waals surface area contributed by atoms with Gasteiger partial charge in [0, 0.05) is 4.70 Å². The number of nitrogens with one attached hydrogen (secondary N) is 1. The molecular formula is C10H8N4S. The third-order valence-corrected chi connectivity index (χ3v) is 3.28. The minimum atomic E-state index is 0.280. The van der Waals surface area contributed by atoms with E-state index in [9.17, 15) is 0 Å². The predicted molar refractivity (Wildman–Crippen MR) is 61.6 cm³/mol. The molecule has 15 heavy (non-hydrogen) atoms. The molecule has 0 radical (unpaired) electrons. The summed E-state index contributed by atoms with van der Waals surface area (Å²) in [6.07, 6.45) is 0. The molecule has 0 fully saturated rings. The van der Waals surface area contributed by atoms with Gasteiger partial charge in [-0.3, -0.25) is 5.10 Å². The van der Waals surface area contributed by atoms with Crippen LogP contribution in [0.4, 0.5) is 5.95 Å². The Labute approximate surface area is 89.8 Å². The Morgan fingerprint density at radius 1 is 1.27 bits per heavy atom. The number of nitrogens with two attached hydrogens (primary N) is 1. The van der Waals surface area contributed by atoms with E-state index < -0.39 is 0 Å². The van der Waals surface area contributed by atoms with Crippen molar-refractivity contribution in [1.82, 2.24) is 15.2 Å². The summed E-state index contributed by atoms with van der Waals surface area (Å²) in [6.45, 7) is 0. The van der Waals surface area contributed by atoms with Crippen LogP contribution >= 0.6 is 11.3 Å². The third-order valence-electron chi connectivity index (χ3n) is 2.16. The summed E-state index contributed by atoms with van der Waals surface area (Å²) in [6, 6.07) is 10.3. The number of H-pyrrole nitrogens is 1. The Morgan fingerprint density at radius 3 is 2.87 bits per heavy atom. The van der Waals surface area contributed by atoms with Crippen LogP contribution in [0.25, 0.3) is 20.8 Å². The molecule has 0 atom stereocenters. The molecule has 0 unspecified atom stereocenters. The predicted octanol–water partition coefficient (Wildman–Crippen LogP) is 2.27. The summed E-state index contributed by atoms with van der Waals surface area (Å²) < 4.78 is 1.24. The lowest BCUT2D eigenvalue weighted by molar-refractivity contribution is 1.11. The second-order valence-electron chi connectivity index (χ2n) is 3.19. The number of hydrogen-bond acceptors (Lipinski definition) is 4. The van der Waals surface area contributed by atoms with Gasteiger partial charge in [0.25, 0.3) is 0 Å². The molecule has 0 amide bonds. The summed E-state index contributed by atoms with van der Waals surface area (Å²) in [5.74, 6) is 1.01. The van der Waals surface area contributed by atoms with E-state index in [0.717, 1.165) is 10.7 Å². The fourth-order valence-electron chi connectivity index (χ4n) is 1.48. The average Bonchev–Trinajstić information content (AvgIpc) is 2.82. The maximum absolute atomic E-state index is 5.46. The van der Waals surface area contributed by atoms with E-state index in [4.69, 9.17) is 5.73 Å². The van der Waals surface area contributed by atoms with E-state index in [1.807, 2.05) is 12.1 Å². The fraction of sp³-hybridized carbons (Fsp3) is 0. The molecule has 3 N–H and O–H groups in total. The van der Waals surface area contributed by atoms with Crippen molar-refractivity contribution in [2.75, 3.05) is 5.73 Å². The molecule has 0 bridgehead atoms. The first-order chi connectivity index (χ1) is 7.33. The smallest absolute Gasteiger partial charge is 0.239 e. The second-order valence-corrected chi connectivity index (χ2v) is 4.27. The second kappa shape index (κ2) is 3.06. The van der Waals surface area contributed by atoms with Crippen molar-refractivity contribution in [1.29, 1.82) is 0 Å². The summed E-state index contributed by atoms with van der Waals surface area (Å²) in [4.78, 5) is 5.15. The molecule has 0 saturated carbocycles. The topological polar surface area (TPSA) is 67.6 Å². The highest BCUT2D eigenvalue weighted by atomic mass is 32.1. The van der Waals surface area contributed by atoms with Crippen molar-refractivity contribution in [2.24, 2.45) is 0 Å². The van der Waals surface area contributed by atoms with Gasteiger partial charge in [-0.2, -0.15) is 4.98 Å². The molecule has 2 heterocycles. The molecule has 0 aliphatic heterocycles. The van der Waals surface area contributed by atoms with E-state index in [0.29, 0.717) is 0 Å². The van der Waals surface area contributed by atoms with Gasteiger partial charge in [0.1, 0.15) is 0 Å². The molecule has 0 aliphatic rings. The molecule has 0 aliphatic carbocycles. The quantitative estimate of drug-likeness (QED) is 0.655. The Balaban J connectivity index is 2.19. The molecule has 74 valence electrons. The first kappa shape index (κ1) is 8.43. The van der Waals surface area contributed by atoms with Crippen molar-refractivity contribution >= 4 is 27.4 Å². The van der Waals surface area contributed by atoms with Crippen molar-refractivity contribution < 1.29 is 0 Å². The van der Waals surface area contributed by atoms with Gasteiger partial charge in [-0.05, 0) is 17.5 Å². The molecule has 3 rings (SSSR count). The van der Waals surface area contributed by atoms with Gasteiger partial charge in [0.15, 0.2) is 5.82 Å². The maximum atomic E-state index is 5.46. The van der Waals surface area contributed by atoms with Crippen LogP contribution in [0.3, 0.4) is 0 Å². The lowest BCUT2D eigenvalue weighted by Gasteiger charge is -1.84. The first-order valence-corrected chi connectivity index (χ1v) is 5.31. The minimum absolute atomic E-state index is 0.280. The summed E-state index contributed by atoms with van der Waals surface area (Å²) in [5.41, 5.74) is 5.46. The van der Waals surface area contributed by atoms with Crippen LogP contribution in [0, 0.1) is 0 Å². The number of aromatic amines is 1. The largest absolute Gasteiger partial charge is 0.366 e. The van der Waals surface area contributed by atoms with Gasteiger partial charge in [-0.15, -0.1) is 16.4 Å². The number of hydrogen-bond donors (Lipinski definition) is 2. The zero-order valence-electron chi connectivity index (χ0n) is 7.77. The van der Waals surface area contributed by atoms with Crippen LogP contribution < -0.4 is 5.73 Å². The molecule has 0 spiro atoms. The van der Waals surface area contributed by atoms with Crippen LogP contribution in [0.15, 0.2) is 30.3 Å². The number of nitrogen functional groups attached to an aromatic ring is 1. The van der Waals surface area contributed by atoms with Gasteiger partial charge in [-0.1, -0.05) is 18.2 Å². The number of rotatable bonds is 1. The average molecular weight is 216 g/mol. The lowest BCUT2D eigenvalue weighted by atomic mass is 10.2. The van der Waals surface area contributed by atoms with Gasteiger partial charge in [0.05, 0.1) is 4.88 Å². The minimum Gasteiger partial charge on any atom is -0.366 e. The van der Waals surface area contributed by atoms with Crippen molar-refractivity contribution in [3.63, 3.8) is 0 Å². The van der Waals surface area contributed by atoms with Crippen LogP contribution in [-0.4, -0.2) is 15.2 Å². The molecule has 5 heteroatoms. The summed E-state index contributed by atoms with van der Waals surface area (Å²) in [7, 11) is 0. The van der Waals surface area contributed by atoms with E-state index in [-0.39, 0.29) is 5.95 Å². The monoisotopic (exact) mass is 216 g/mol. The zero-order valence-corrected chi connectivity index (χ0v) is 8.58. The molecule has 0 saturated heterocycles. The Kier molecular flexibility index (Phi) is 1.72. The number of benzene rings is 1. The van der Waals surface area contributed by atoms with E-state index in [1.165, 1.54) is 10.1 Å². The van der Waals surface area contributed by atoms with E-state index in [2.05, 4.69) is 33.4 Å². The van der Waals surface area contributed by atoms with Gasteiger partial charge < -0.3 is 5.73 Å². The normalized spacial score (nSPS) is 10.9. The van der Waals surface area contributed by atoms with Gasteiger partial charge in [0.2, 0.25) is 5.95 Å². The number of nitrogens with zero attached hydrogens (tertiary/aromatic N) is 2. The van der Waals surface area contributed by atoms with Crippen molar-refractivity contribution in [3.05, 3.63) is 30.3 Å². The van der Waals surface area contributed by atoms with E-state index >= 15 is 0 Å². The highest BCUT2D eigenvalue weighted by Crippen LogP contribution is 2.31. The molecule has 1 aromatic carbocycles. The van der Waals surface area contributed by atoms with Crippen LogP contribution in [0.5, 0.6) is 0 Å². The van der Waals surface area contributed by atoms with Crippen molar-refractivity contribution in [2.45, 2.75) is 0 Å².